The van der Waals surface area contributed by atoms with E-state index in [0.29, 0.717) is 24.3 Å². The van der Waals surface area contributed by atoms with Crippen LogP contribution in [-0.2, 0) is 26.5 Å². The summed E-state index contributed by atoms with van der Waals surface area (Å²) in [4.78, 5) is 30.4. The number of hydrogen-bond donors (Lipinski definition) is 1. The molecule has 7 rings (SSSR count). The summed E-state index contributed by atoms with van der Waals surface area (Å²) >= 11 is 0. The van der Waals surface area contributed by atoms with Gasteiger partial charge in [0.1, 0.15) is 5.75 Å². The number of aliphatic hydroxyl groups is 1. The van der Waals surface area contributed by atoms with Gasteiger partial charge in [-0.15, -0.1) is 5.10 Å². The maximum atomic E-state index is 14.6. The molecule has 0 aliphatic carbocycles. The summed E-state index contributed by atoms with van der Waals surface area (Å²) in [5.74, 6) is 0.211. The summed E-state index contributed by atoms with van der Waals surface area (Å²) in [7, 11) is 1.10. The molecule has 2 aliphatic heterocycles. The van der Waals surface area contributed by atoms with Crippen molar-refractivity contribution in [2.24, 2.45) is 5.92 Å². The zero-order valence-electron chi connectivity index (χ0n) is 30.2. The van der Waals surface area contributed by atoms with Crippen LogP contribution in [0, 0.1) is 5.92 Å². The minimum Gasteiger partial charge on any atom is -0.497 e. The van der Waals surface area contributed by atoms with E-state index in [1.54, 1.807) is 24.0 Å². The van der Waals surface area contributed by atoms with E-state index in [-0.39, 0.29) is 36.0 Å². The van der Waals surface area contributed by atoms with Crippen molar-refractivity contribution in [3.63, 3.8) is 0 Å². The maximum Gasteiger partial charge on any atom is 0.264 e. The van der Waals surface area contributed by atoms with Crippen LogP contribution in [-0.4, -0.2) is 67.4 Å². The summed E-state index contributed by atoms with van der Waals surface area (Å²) in [6.07, 6.45) is 3.01. The number of aromatic nitrogens is 3. The monoisotopic (exact) mass is 715 g/mol. The number of para-hydroxylation sites is 1. The van der Waals surface area contributed by atoms with Gasteiger partial charge in [-0.3, -0.25) is 19.2 Å². The van der Waals surface area contributed by atoms with Gasteiger partial charge in [0, 0.05) is 42.6 Å². The molecule has 52 heavy (non-hydrogen) atoms. The second kappa shape index (κ2) is 14.1. The van der Waals surface area contributed by atoms with E-state index in [9.17, 15) is 14.7 Å². The van der Waals surface area contributed by atoms with Gasteiger partial charge in [0.2, 0.25) is 6.41 Å². The van der Waals surface area contributed by atoms with Gasteiger partial charge >= 0.3 is 0 Å². The molecule has 1 fully saturated rings. The Morgan fingerprint density at radius 2 is 1.69 bits per heavy atom. The number of carbonyl (C=O) groups excluding carboxylic acids is 2. The lowest BCUT2D eigenvalue weighted by Gasteiger charge is -2.37. The SMILES string of the molecule is COc1ccc([Si](C)(C)[C@@H]2[C@@H](CCn3cc(C(CO)c4ccccc4)nn3)O[C@]3(C(=O)N(C)c4ccc(N(C=O)c5ccccc5)cc43)[C@H]2C)cc1. The Kier molecular flexibility index (Phi) is 9.60. The summed E-state index contributed by atoms with van der Waals surface area (Å²) in [6, 6.07) is 33.4. The molecule has 1 spiro atoms. The van der Waals surface area contributed by atoms with Crippen molar-refractivity contribution in [3.05, 3.63) is 126 Å². The molecule has 2 aliphatic rings. The molecule has 11 heteroatoms. The summed E-state index contributed by atoms with van der Waals surface area (Å²) in [6.45, 7) is 7.30. The normalized spacial score (nSPS) is 21.7. The predicted octanol–water partition coefficient (Wildman–Crippen LogP) is 5.99. The number of likely N-dealkylation sites (N-methyl/N-ethyl adjacent to an activating group) is 1. The number of aliphatic hydroxyl groups excluding tert-OH is 1. The minimum atomic E-state index is -2.37. The fraction of sp³-hybridized carbons (Fsp3) is 0.317. The molecule has 5 atom stereocenters. The van der Waals surface area contributed by atoms with Crippen LogP contribution in [0.3, 0.4) is 0 Å². The summed E-state index contributed by atoms with van der Waals surface area (Å²) in [5.41, 5.74) is 3.40. The first-order valence-electron chi connectivity index (χ1n) is 17.7. The van der Waals surface area contributed by atoms with Gasteiger partial charge in [0.05, 0.1) is 45.2 Å². The van der Waals surface area contributed by atoms with Gasteiger partial charge in [-0.2, -0.15) is 0 Å². The van der Waals surface area contributed by atoms with E-state index in [2.05, 4.69) is 42.5 Å². The van der Waals surface area contributed by atoms with Crippen LogP contribution in [0.4, 0.5) is 17.1 Å². The lowest BCUT2D eigenvalue weighted by Crippen LogP contribution is -2.51. The molecule has 3 heterocycles. The molecule has 1 N–H and O–H groups in total. The van der Waals surface area contributed by atoms with E-state index in [0.717, 1.165) is 34.7 Å². The van der Waals surface area contributed by atoms with E-state index in [1.807, 2.05) is 102 Å². The third-order valence-corrected chi connectivity index (χ3v) is 15.7. The molecule has 0 radical (unpaired) electrons. The van der Waals surface area contributed by atoms with Crippen molar-refractivity contribution in [2.45, 2.75) is 56.1 Å². The fourth-order valence-corrected chi connectivity index (χ4v) is 12.6. The number of aryl methyl sites for hydroxylation is 1. The number of rotatable bonds is 12. The lowest BCUT2D eigenvalue weighted by molar-refractivity contribution is -0.145. The highest BCUT2D eigenvalue weighted by Gasteiger charge is 2.65. The third-order valence-electron chi connectivity index (χ3n) is 11.3. The van der Waals surface area contributed by atoms with Gasteiger partial charge in [0.15, 0.2) is 5.60 Å². The highest BCUT2D eigenvalue weighted by atomic mass is 28.3. The number of hydrogen-bond acceptors (Lipinski definition) is 7. The molecule has 2 amide bonds. The Morgan fingerprint density at radius 3 is 2.35 bits per heavy atom. The molecule has 5 aromatic rings. The molecule has 1 saturated heterocycles. The molecule has 0 bridgehead atoms. The number of nitrogens with zero attached hydrogens (tertiary/aromatic N) is 5. The van der Waals surface area contributed by atoms with Crippen LogP contribution >= 0.6 is 0 Å². The van der Waals surface area contributed by atoms with Gasteiger partial charge in [-0.25, -0.2) is 0 Å². The van der Waals surface area contributed by atoms with Crippen molar-refractivity contribution >= 4 is 42.6 Å². The average molecular weight is 716 g/mol. The second-order valence-electron chi connectivity index (χ2n) is 14.4. The van der Waals surface area contributed by atoms with Crippen molar-refractivity contribution < 1.29 is 24.2 Å². The lowest BCUT2D eigenvalue weighted by atomic mass is 9.82. The summed E-state index contributed by atoms with van der Waals surface area (Å²) in [5, 5.41) is 20.4. The molecule has 268 valence electrons. The Balaban J connectivity index is 1.27. The smallest absolute Gasteiger partial charge is 0.264 e. The highest BCUT2D eigenvalue weighted by molar-refractivity contribution is 6.91. The topological polar surface area (TPSA) is 110 Å². The first-order valence-corrected chi connectivity index (χ1v) is 20.8. The highest BCUT2D eigenvalue weighted by Crippen LogP contribution is 2.60. The number of amides is 2. The van der Waals surface area contributed by atoms with Crippen molar-refractivity contribution in [3.8, 4) is 5.75 Å². The van der Waals surface area contributed by atoms with E-state index < -0.39 is 13.7 Å². The van der Waals surface area contributed by atoms with Gasteiger partial charge in [-0.1, -0.05) is 91.1 Å². The number of methoxy groups -OCH3 is 1. The van der Waals surface area contributed by atoms with E-state index >= 15 is 0 Å². The maximum absolute atomic E-state index is 14.6. The standard InChI is InChI=1S/C41H45N5O5Si/c1-28-39(52(4,5)33-19-17-32(50-3)18-20-33)38(22-23-45-25-36(42-43-45)34(26-47)29-12-8-6-9-13-29)51-41(28)35-24-31(16-21-37(35)44(2)40(41)49)46(27-48)30-14-10-7-11-15-30/h6-21,24-25,27-28,34,38-39,47H,22-23,26H2,1-5H3/t28-,34?,38+,39-,41+/m0/s1. The minimum absolute atomic E-state index is 0.0293. The average Bonchev–Trinajstić information content (AvgIpc) is 3.82. The molecule has 1 unspecified atom stereocenters. The Morgan fingerprint density at radius 1 is 1.00 bits per heavy atom. The zero-order valence-corrected chi connectivity index (χ0v) is 31.2. The first kappa shape index (κ1) is 35.3. The predicted molar refractivity (Wildman–Crippen MR) is 204 cm³/mol. The van der Waals surface area contributed by atoms with Crippen LogP contribution in [0.2, 0.25) is 18.6 Å². The zero-order chi connectivity index (χ0) is 36.6. The number of anilines is 3. The van der Waals surface area contributed by atoms with Crippen LogP contribution in [0.15, 0.2) is 109 Å². The number of fused-ring (bicyclic) bond motifs is 2. The first-order chi connectivity index (χ1) is 25.1. The molecule has 0 saturated carbocycles. The third kappa shape index (κ3) is 5.92. The van der Waals surface area contributed by atoms with Crippen molar-refractivity contribution in [2.75, 3.05) is 30.6 Å². The summed E-state index contributed by atoms with van der Waals surface area (Å²) < 4.78 is 14.5. The largest absolute Gasteiger partial charge is 0.497 e. The Bertz CT molecular complexity index is 2040. The molecule has 10 nitrogen and oxygen atoms in total. The van der Waals surface area contributed by atoms with Crippen LogP contribution in [0.5, 0.6) is 5.75 Å². The van der Waals surface area contributed by atoms with E-state index in [1.165, 1.54) is 5.19 Å². The van der Waals surface area contributed by atoms with Gasteiger partial charge < -0.3 is 19.5 Å². The van der Waals surface area contributed by atoms with Gasteiger partial charge in [-0.05, 0) is 60.0 Å². The van der Waals surface area contributed by atoms with Crippen LogP contribution in [0.1, 0.15) is 36.1 Å². The molecule has 4 aromatic carbocycles. The van der Waals surface area contributed by atoms with Gasteiger partial charge in [0.25, 0.3) is 5.91 Å². The number of ether oxygens (including phenoxy) is 2. The molecule has 1 aromatic heterocycles. The van der Waals surface area contributed by atoms with Crippen molar-refractivity contribution in [1.29, 1.82) is 0 Å². The van der Waals surface area contributed by atoms with Crippen LogP contribution < -0.4 is 19.7 Å². The van der Waals surface area contributed by atoms with Crippen molar-refractivity contribution in [1.82, 2.24) is 15.0 Å². The fourth-order valence-electron chi connectivity index (χ4n) is 8.58. The quantitative estimate of drug-likeness (QED) is 0.125. The Hall–Kier alpha value is -5.10. The Labute approximate surface area is 305 Å². The molecular weight excluding hydrogens is 671 g/mol. The number of carbonyl (C=O) groups is 2. The second-order valence-corrected chi connectivity index (χ2v) is 19.1. The van der Waals surface area contributed by atoms with Crippen LogP contribution in [0.25, 0.3) is 0 Å². The number of benzene rings is 4. The molecular formula is C41H45N5O5Si. The van der Waals surface area contributed by atoms with E-state index in [4.69, 9.17) is 9.47 Å².